The van der Waals surface area contributed by atoms with E-state index in [0.29, 0.717) is 0 Å². The fourth-order valence-electron chi connectivity index (χ4n) is 7.47. The van der Waals surface area contributed by atoms with E-state index < -0.39 is 58.9 Å². The van der Waals surface area contributed by atoms with Crippen molar-refractivity contribution in [1.82, 2.24) is 14.7 Å². The summed E-state index contributed by atoms with van der Waals surface area (Å²) >= 11 is 12.3. The van der Waals surface area contributed by atoms with E-state index in [1.54, 1.807) is 6.92 Å². The summed E-state index contributed by atoms with van der Waals surface area (Å²) in [5.41, 5.74) is -3.43. The summed E-state index contributed by atoms with van der Waals surface area (Å²) in [6, 6.07) is 1.08. The number of aromatic nitrogens is 2. The first-order valence-electron chi connectivity index (χ1n) is 14.3. The summed E-state index contributed by atoms with van der Waals surface area (Å²) in [5, 5.41) is 13.0. The zero-order valence-electron chi connectivity index (χ0n) is 23.9. The van der Waals surface area contributed by atoms with Gasteiger partial charge in [0.1, 0.15) is 5.82 Å². The summed E-state index contributed by atoms with van der Waals surface area (Å²) < 4.78 is 58.4. The number of Topliss-reactive ketones (excluding diaryl/α,β-unsaturated/α-hetero) is 1. The fourth-order valence-corrected chi connectivity index (χ4v) is 8.14. The summed E-state index contributed by atoms with van der Waals surface area (Å²) in [4.78, 5) is 40.3. The second-order valence-corrected chi connectivity index (χ2v) is 14.1. The van der Waals surface area contributed by atoms with E-state index in [9.17, 15) is 37.1 Å². The number of amides is 1. The summed E-state index contributed by atoms with van der Waals surface area (Å²) in [7, 11) is 0. The third-order valence-electron chi connectivity index (χ3n) is 9.97. The van der Waals surface area contributed by atoms with Crippen LogP contribution in [0.2, 0.25) is 10.0 Å². The molecule has 0 spiro atoms. The Bertz CT molecular complexity index is 1430. The maximum Gasteiger partial charge on any atom is 0.433 e. The molecule has 43 heavy (non-hydrogen) atoms. The second kappa shape index (κ2) is 11.1. The number of ketones is 1. The van der Waals surface area contributed by atoms with Crippen molar-refractivity contribution < 1.29 is 37.1 Å². The topological polar surface area (TPSA) is 92.5 Å². The first kappa shape index (κ1) is 31.8. The van der Waals surface area contributed by atoms with E-state index >= 15 is 0 Å². The number of carboxylic acid groups (broad SMARTS) is 1. The van der Waals surface area contributed by atoms with Crippen LogP contribution in [0.1, 0.15) is 104 Å². The number of halogens is 6. The van der Waals surface area contributed by atoms with Gasteiger partial charge in [-0.15, -0.1) is 0 Å². The highest BCUT2D eigenvalue weighted by atomic mass is 35.5. The van der Waals surface area contributed by atoms with Gasteiger partial charge in [-0.05, 0) is 87.7 Å². The average Bonchev–Trinajstić information content (AvgIpc) is 3.58. The molecule has 0 saturated heterocycles. The van der Waals surface area contributed by atoms with Crippen molar-refractivity contribution in [2.45, 2.75) is 83.9 Å². The van der Waals surface area contributed by atoms with Gasteiger partial charge in [-0.2, -0.15) is 18.3 Å². The molecule has 1 aromatic carbocycles. The molecule has 7 nitrogen and oxygen atoms in total. The first-order valence-corrected chi connectivity index (χ1v) is 15.1. The van der Waals surface area contributed by atoms with E-state index in [0.717, 1.165) is 60.0 Å². The minimum absolute atomic E-state index is 0.0620. The van der Waals surface area contributed by atoms with Gasteiger partial charge in [-0.1, -0.05) is 30.1 Å². The van der Waals surface area contributed by atoms with Crippen molar-refractivity contribution in [3.8, 4) is 0 Å². The monoisotopic (exact) mass is 645 g/mol. The SMILES string of the molecule is CC12CCC(CN(CC(=O)c3c(Cl)cc(F)cc3Cl)C(=O)c3cnn([C@H]4CC[C@](C)(C(=O)O)CC4)c3C(F)(F)F)(CC1)C2. The van der Waals surface area contributed by atoms with Crippen LogP contribution in [0.3, 0.4) is 0 Å². The number of aliphatic carboxylic acids is 1. The number of benzene rings is 1. The van der Waals surface area contributed by atoms with Crippen molar-refractivity contribution in [2.24, 2.45) is 16.2 Å². The molecule has 234 valence electrons. The highest BCUT2D eigenvalue weighted by Gasteiger charge is 2.53. The van der Waals surface area contributed by atoms with E-state index in [1.807, 2.05) is 0 Å². The van der Waals surface area contributed by atoms with Crippen molar-refractivity contribution in [1.29, 1.82) is 0 Å². The second-order valence-electron chi connectivity index (χ2n) is 13.3. The zero-order valence-corrected chi connectivity index (χ0v) is 25.4. The lowest BCUT2D eigenvalue weighted by Gasteiger charge is -2.35. The van der Waals surface area contributed by atoms with Crippen molar-refractivity contribution >= 4 is 40.9 Å². The molecule has 0 atom stereocenters. The highest BCUT2D eigenvalue weighted by Crippen LogP contribution is 2.61. The molecular formula is C30H33Cl2F4N3O4. The number of alkyl halides is 3. The number of carbonyl (C=O) groups is 3. The largest absolute Gasteiger partial charge is 0.481 e. The predicted octanol–water partition coefficient (Wildman–Crippen LogP) is 7.85. The Morgan fingerprint density at radius 1 is 1.05 bits per heavy atom. The van der Waals surface area contributed by atoms with Crippen LogP contribution in [0.5, 0.6) is 0 Å². The van der Waals surface area contributed by atoms with Gasteiger partial charge < -0.3 is 10.0 Å². The molecule has 2 bridgehead atoms. The molecule has 3 aliphatic carbocycles. The van der Waals surface area contributed by atoms with Crippen LogP contribution >= 0.6 is 23.2 Å². The van der Waals surface area contributed by atoms with Crippen LogP contribution in [-0.2, 0) is 11.0 Å². The van der Waals surface area contributed by atoms with Gasteiger partial charge in [0.25, 0.3) is 5.91 Å². The Balaban J connectivity index is 1.49. The van der Waals surface area contributed by atoms with Crippen molar-refractivity contribution in [3.63, 3.8) is 0 Å². The lowest BCUT2D eigenvalue weighted by molar-refractivity contribution is -0.152. The van der Waals surface area contributed by atoms with Crippen LogP contribution in [0.4, 0.5) is 17.6 Å². The van der Waals surface area contributed by atoms with Crippen molar-refractivity contribution in [3.05, 3.63) is 51.0 Å². The number of nitrogens with zero attached hydrogens (tertiary/aromatic N) is 3. The van der Waals surface area contributed by atoms with Gasteiger partial charge in [0.05, 0.1) is 45.4 Å². The van der Waals surface area contributed by atoms with Crippen molar-refractivity contribution in [2.75, 3.05) is 13.1 Å². The van der Waals surface area contributed by atoms with E-state index in [-0.39, 0.29) is 58.7 Å². The summed E-state index contributed by atoms with van der Waals surface area (Å²) in [6.07, 6.45) is 0.712. The minimum Gasteiger partial charge on any atom is -0.481 e. The Labute approximate surface area is 256 Å². The van der Waals surface area contributed by atoms with Crippen LogP contribution in [-0.4, -0.2) is 50.5 Å². The maximum atomic E-state index is 14.6. The lowest BCUT2D eigenvalue weighted by atomic mass is 9.74. The molecule has 13 heteroatoms. The number of carbonyl (C=O) groups excluding carboxylic acids is 2. The van der Waals surface area contributed by atoms with Gasteiger partial charge in [0.15, 0.2) is 11.5 Å². The number of carboxylic acids is 1. The van der Waals surface area contributed by atoms with Crippen LogP contribution in [0, 0.1) is 22.1 Å². The molecule has 1 heterocycles. The minimum atomic E-state index is -4.95. The molecule has 0 unspecified atom stereocenters. The van der Waals surface area contributed by atoms with Gasteiger partial charge in [0.2, 0.25) is 0 Å². The van der Waals surface area contributed by atoms with Crippen LogP contribution < -0.4 is 0 Å². The number of rotatable bonds is 8. The van der Waals surface area contributed by atoms with E-state index in [4.69, 9.17) is 23.2 Å². The Hall–Kier alpha value is -2.66. The average molecular weight is 647 g/mol. The van der Waals surface area contributed by atoms with Crippen LogP contribution in [0.15, 0.2) is 18.3 Å². The fraction of sp³-hybridized carbons (Fsp3) is 0.600. The third-order valence-corrected chi connectivity index (χ3v) is 10.6. The smallest absolute Gasteiger partial charge is 0.433 e. The molecule has 0 aliphatic heterocycles. The maximum absolute atomic E-state index is 14.6. The summed E-state index contributed by atoms with van der Waals surface area (Å²) in [6.45, 7) is 3.18. The molecule has 1 N–H and O–H groups in total. The van der Waals surface area contributed by atoms with Gasteiger partial charge in [-0.25, -0.2) is 4.39 Å². The Morgan fingerprint density at radius 2 is 1.63 bits per heavy atom. The lowest BCUT2D eigenvalue weighted by Crippen LogP contribution is -2.43. The zero-order chi connectivity index (χ0) is 31.5. The standard InChI is InChI=1S/C30H33Cl2F4N3O4/c1-27-7-9-29(15-27,10-8-27)16-38(14-22(40)23-20(31)11-17(33)12-21(23)32)25(41)19-13-37-39(24(19)30(34,35)36)18-3-5-28(2,6-4-18)26(42)43/h11-13,18H,3-10,14-16H2,1-2H3,(H,42,43)/t18-,27?,28-,29?. The third kappa shape index (κ3) is 6.03. The Kier molecular flexibility index (Phi) is 8.16. The van der Waals surface area contributed by atoms with Gasteiger partial charge in [0, 0.05) is 6.54 Å². The number of hydrogen-bond acceptors (Lipinski definition) is 4. The van der Waals surface area contributed by atoms with Crippen LogP contribution in [0.25, 0.3) is 0 Å². The molecule has 0 radical (unpaired) electrons. The highest BCUT2D eigenvalue weighted by molar-refractivity contribution is 6.40. The molecule has 3 fully saturated rings. The number of fused-ring (bicyclic) bond motifs is 2. The predicted molar refractivity (Wildman–Crippen MR) is 151 cm³/mol. The molecule has 1 amide bonds. The molecule has 3 saturated carbocycles. The molecular weight excluding hydrogens is 613 g/mol. The molecule has 3 aliphatic rings. The molecule has 1 aromatic heterocycles. The summed E-state index contributed by atoms with van der Waals surface area (Å²) in [5.74, 6) is -3.49. The van der Waals surface area contributed by atoms with Gasteiger partial charge in [-0.3, -0.25) is 19.1 Å². The first-order chi connectivity index (χ1) is 20.0. The molecule has 5 rings (SSSR count). The quantitative estimate of drug-likeness (QED) is 0.233. The van der Waals surface area contributed by atoms with E-state index in [1.165, 1.54) is 0 Å². The molecule has 2 aromatic rings. The Morgan fingerprint density at radius 3 is 2.12 bits per heavy atom. The normalized spacial score (nSPS) is 28.7. The van der Waals surface area contributed by atoms with E-state index in [2.05, 4.69) is 12.0 Å². The number of hydrogen-bond donors (Lipinski definition) is 1. The van der Waals surface area contributed by atoms with Gasteiger partial charge >= 0.3 is 12.1 Å².